The highest BCUT2D eigenvalue weighted by atomic mass is 32.2. The largest absolute Gasteiger partial charge is 0.396 e. The first-order chi connectivity index (χ1) is 6.13. The van der Waals surface area contributed by atoms with Crippen LogP contribution in [-0.4, -0.2) is 14.9 Å². The molecule has 0 aliphatic rings. The van der Waals surface area contributed by atoms with Crippen LogP contribution in [0.4, 0.5) is 11.5 Å². The fraction of sp³-hybridized carbons (Fsp3) is 0.375. The van der Waals surface area contributed by atoms with Crippen LogP contribution in [0.1, 0.15) is 12.5 Å². The molecule has 1 heterocycles. The van der Waals surface area contributed by atoms with Crippen molar-refractivity contribution in [2.75, 3.05) is 16.2 Å². The Balaban J connectivity index is 2.83. The number of nitrogens with one attached hydrogen (secondary N) is 1. The van der Waals surface area contributed by atoms with Gasteiger partial charge < -0.3 is 5.73 Å². The Kier molecular flexibility index (Phi) is 3.25. The fourth-order valence-corrected chi connectivity index (χ4v) is 1.39. The van der Waals surface area contributed by atoms with E-state index in [1.165, 1.54) is 0 Å². The van der Waals surface area contributed by atoms with E-state index in [1.54, 1.807) is 12.3 Å². The zero-order valence-electron chi connectivity index (χ0n) is 7.70. The summed E-state index contributed by atoms with van der Waals surface area (Å²) in [7, 11) is -1.09. The van der Waals surface area contributed by atoms with Crippen LogP contribution in [-0.2, 0) is 11.0 Å². The predicted octanol–water partition coefficient (Wildman–Crippen LogP) is 1.07. The molecule has 0 aliphatic carbocycles. The van der Waals surface area contributed by atoms with Crippen molar-refractivity contribution in [2.45, 2.75) is 13.8 Å². The highest BCUT2D eigenvalue weighted by Gasteiger charge is 2.02. The Morgan fingerprint density at radius 2 is 2.38 bits per heavy atom. The van der Waals surface area contributed by atoms with Crippen LogP contribution < -0.4 is 10.5 Å². The minimum atomic E-state index is -1.09. The van der Waals surface area contributed by atoms with Gasteiger partial charge in [-0.1, -0.05) is 6.92 Å². The molecule has 3 N–H and O–H groups in total. The second-order valence-corrected chi connectivity index (χ2v) is 4.16. The molecule has 0 saturated heterocycles. The van der Waals surface area contributed by atoms with Gasteiger partial charge in [0.25, 0.3) is 0 Å². The van der Waals surface area contributed by atoms with Crippen molar-refractivity contribution < 1.29 is 4.21 Å². The first-order valence-electron chi connectivity index (χ1n) is 4.00. The van der Waals surface area contributed by atoms with Crippen LogP contribution in [0.3, 0.4) is 0 Å². The number of anilines is 2. The molecule has 5 heteroatoms. The number of nitrogen functional groups attached to an aromatic ring is 1. The van der Waals surface area contributed by atoms with Crippen LogP contribution in [0.25, 0.3) is 0 Å². The zero-order valence-corrected chi connectivity index (χ0v) is 8.52. The number of pyridine rings is 1. The zero-order chi connectivity index (χ0) is 9.84. The number of hydrogen-bond acceptors (Lipinski definition) is 3. The summed E-state index contributed by atoms with van der Waals surface area (Å²) in [5, 5.41) is 0. The number of aromatic nitrogens is 1. The Labute approximate surface area is 80.1 Å². The lowest BCUT2D eigenvalue weighted by Gasteiger charge is -2.06. The molecule has 0 radical (unpaired) electrons. The predicted molar refractivity (Wildman–Crippen MR) is 55.7 cm³/mol. The summed E-state index contributed by atoms with van der Waals surface area (Å²) >= 11 is 0. The second-order valence-electron chi connectivity index (χ2n) is 2.69. The van der Waals surface area contributed by atoms with Crippen molar-refractivity contribution >= 4 is 22.5 Å². The topological polar surface area (TPSA) is 68.0 Å². The van der Waals surface area contributed by atoms with Gasteiger partial charge in [0.15, 0.2) is 5.82 Å². The molecule has 0 amide bonds. The van der Waals surface area contributed by atoms with Crippen molar-refractivity contribution in [1.82, 2.24) is 4.98 Å². The SMILES string of the molecule is CCS(=O)Nc1ncc(C)cc1N. The van der Waals surface area contributed by atoms with Crippen LogP contribution in [0, 0.1) is 6.92 Å². The van der Waals surface area contributed by atoms with Crippen LogP contribution in [0.2, 0.25) is 0 Å². The number of rotatable bonds is 3. The fourth-order valence-electron chi connectivity index (χ4n) is 0.857. The van der Waals surface area contributed by atoms with E-state index in [4.69, 9.17) is 5.73 Å². The molecule has 0 fully saturated rings. The normalized spacial score (nSPS) is 12.5. The van der Waals surface area contributed by atoms with Gasteiger partial charge in [0, 0.05) is 11.9 Å². The average molecular weight is 199 g/mol. The number of hydrogen-bond donors (Lipinski definition) is 2. The summed E-state index contributed by atoms with van der Waals surface area (Å²) < 4.78 is 13.8. The first-order valence-corrected chi connectivity index (χ1v) is 5.32. The summed E-state index contributed by atoms with van der Waals surface area (Å²) in [6.45, 7) is 3.73. The lowest BCUT2D eigenvalue weighted by Crippen LogP contribution is -2.09. The maximum absolute atomic E-state index is 11.1. The minimum Gasteiger partial charge on any atom is -0.396 e. The van der Waals surface area contributed by atoms with E-state index in [-0.39, 0.29) is 0 Å². The third-order valence-electron chi connectivity index (χ3n) is 1.53. The number of aryl methyl sites for hydroxylation is 1. The van der Waals surface area contributed by atoms with Gasteiger partial charge in [0.05, 0.1) is 5.69 Å². The van der Waals surface area contributed by atoms with Gasteiger partial charge in [-0.3, -0.25) is 4.72 Å². The van der Waals surface area contributed by atoms with Gasteiger partial charge in [-0.25, -0.2) is 9.19 Å². The van der Waals surface area contributed by atoms with Gasteiger partial charge in [-0.15, -0.1) is 0 Å². The summed E-state index contributed by atoms with van der Waals surface area (Å²) in [5.41, 5.74) is 7.19. The highest BCUT2D eigenvalue weighted by Crippen LogP contribution is 2.15. The van der Waals surface area contributed by atoms with Crippen LogP contribution in [0.5, 0.6) is 0 Å². The molecule has 1 aromatic rings. The van der Waals surface area contributed by atoms with Gasteiger partial charge in [0.1, 0.15) is 11.0 Å². The van der Waals surface area contributed by atoms with E-state index in [0.29, 0.717) is 17.3 Å². The molecule has 0 aliphatic heterocycles. The van der Waals surface area contributed by atoms with E-state index in [1.807, 2.05) is 13.8 Å². The molecule has 0 saturated carbocycles. The number of nitrogens with two attached hydrogens (primary N) is 1. The van der Waals surface area contributed by atoms with Crippen molar-refractivity contribution in [2.24, 2.45) is 0 Å². The summed E-state index contributed by atoms with van der Waals surface area (Å²) in [5.74, 6) is 1.03. The Morgan fingerprint density at radius 3 is 2.92 bits per heavy atom. The minimum absolute atomic E-state index is 0.491. The number of nitrogens with zero attached hydrogens (tertiary/aromatic N) is 1. The molecule has 4 nitrogen and oxygen atoms in total. The Bertz CT molecular complexity index is 327. The molecule has 1 aromatic heterocycles. The van der Waals surface area contributed by atoms with Crippen molar-refractivity contribution in [1.29, 1.82) is 0 Å². The molecule has 1 atom stereocenters. The quantitative estimate of drug-likeness (QED) is 0.765. The van der Waals surface area contributed by atoms with Gasteiger partial charge in [-0.2, -0.15) is 0 Å². The van der Waals surface area contributed by atoms with Gasteiger partial charge in [-0.05, 0) is 18.6 Å². The molecule has 1 unspecified atom stereocenters. The van der Waals surface area contributed by atoms with Crippen molar-refractivity contribution in [3.05, 3.63) is 17.8 Å². The lowest BCUT2D eigenvalue weighted by molar-refractivity contribution is 0.687. The van der Waals surface area contributed by atoms with Crippen LogP contribution in [0.15, 0.2) is 12.3 Å². The third-order valence-corrected chi connectivity index (χ3v) is 2.47. The average Bonchev–Trinajstić information content (AvgIpc) is 2.09. The molecule has 1 rings (SSSR count). The van der Waals surface area contributed by atoms with E-state index < -0.39 is 11.0 Å². The van der Waals surface area contributed by atoms with E-state index in [0.717, 1.165) is 5.56 Å². The molecular formula is C8H13N3OS. The first kappa shape index (κ1) is 9.98. The van der Waals surface area contributed by atoms with E-state index in [2.05, 4.69) is 9.71 Å². The smallest absolute Gasteiger partial charge is 0.160 e. The second kappa shape index (κ2) is 4.23. The van der Waals surface area contributed by atoms with Gasteiger partial charge >= 0.3 is 0 Å². The highest BCUT2D eigenvalue weighted by molar-refractivity contribution is 7.86. The lowest BCUT2D eigenvalue weighted by atomic mass is 10.3. The standard InChI is InChI=1S/C8H13N3OS/c1-3-13(12)11-8-7(9)4-6(2)5-10-8/h4-5H,3,9H2,1-2H3,(H,10,11). The Morgan fingerprint density at radius 1 is 1.69 bits per heavy atom. The molecule has 0 bridgehead atoms. The van der Waals surface area contributed by atoms with E-state index >= 15 is 0 Å². The van der Waals surface area contributed by atoms with Crippen molar-refractivity contribution in [3.63, 3.8) is 0 Å². The molecular weight excluding hydrogens is 186 g/mol. The van der Waals surface area contributed by atoms with Crippen molar-refractivity contribution in [3.8, 4) is 0 Å². The summed E-state index contributed by atoms with van der Waals surface area (Å²) in [6.07, 6.45) is 1.69. The van der Waals surface area contributed by atoms with Crippen LogP contribution >= 0.6 is 0 Å². The third kappa shape index (κ3) is 2.69. The maximum Gasteiger partial charge on any atom is 0.160 e. The summed E-state index contributed by atoms with van der Waals surface area (Å²) in [6, 6.07) is 1.79. The molecule has 72 valence electrons. The maximum atomic E-state index is 11.1. The Hall–Kier alpha value is -1.10. The molecule has 0 spiro atoms. The van der Waals surface area contributed by atoms with E-state index in [9.17, 15) is 4.21 Å². The summed E-state index contributed by atoms with van der Waals surface area (Å²) in [4.78, 5) is 4.04. The molecule has 13 heavy (non-hydrogen) atoms. The monoisotopic (exact) mass is 199 g/mol. The van der Waals surface area contributed by atoms with Gasteiger partial charge in [0.2, 0.25) is 0 Å². The molecule has 0 aromatic carbocycles.